The number of carboxylic acid groups (broad SMARTS) is 1. The molecule has 1 fully saturated rings. The standard InChI is InChI=1S/C11H16N2O4S/c1-7(8-2-3-8)5-13-18(16,17)9-4-10(11(14)15)12-6-9/h4,6-8,12-13H,2-3,5H2,1H3,(H,14,15). The Bertz CT molecular complexity index is 545. The molecule has 1 saturated carbocycles. The second-order valence-corrected chi connectivity index (χ2v) is 6.49. The first-order valence-electron chi connectivity index (χ1n) is 5.81. The van der Waals surface area contributed by atoms with E-state index in [1.807, 2.05) is 6.92 Å². The fraction of sp³-hybridized carbons (Fsp3) is 0.545. The van der Waals surface area contributed by atoms with Crippen LogP contribution in [0.1, 0.15) is 30.3 Å². The Balaban J connectivity index is 2.02. The summed E-state index contributed by atoms with van der Waals surface area (Å²) < 4.78 is 26.3. The van der Waals surface area contributed by atoms with Crippen molar-refractivity contribution in [2.24, 2.45) is 11.8 Å². The minimum atomic E-state index is -3.62. The van der Waals surface area contributed by atoms with Gasteiger partial charge in [-0.25, -0.2) is 17.9 Å². The molecule has 0 saturated heterocycles. The van der Waals surface area contributed by atoms with Crippen LogP contribution in [0.5, 0.6) is 0 Å². The van der Waals surface area contributed by atoms with Gasteiger partial charge in [0.05, 0.1) is 0 Å². The molecule has 2 rings (SSSR count). The van der Waals surface area contributed by atoms with Gasteiger partial charge in [-0.05, 0) is 30.7 Å². The monoisotopic (exact) mass is 272 g/mol. The van der Waals surface area contributed by atoms with E-state index >= 15 is 0 Å². The minimum Gasteiger partial charge on any atom is -0.477 e. The molecular formula is C11H16N2O4S. The smallest absolute Gasteiger partial charge is 0.352 e. The van der Waals surface area contributed by atoms with E-state index in [0.29, 0.717) is 18.4 Å². The van der Waals surface area contributed by atoms with E-state index in [9.17, 15) is 13.2 Å². The summed E-state index contributed by atoms with van der Waals surface area (Å²) in [5, 5.41) is 8.72. The van der Waals surface area contributed by atoms with Gasteiger partial charge in [0.2, 0.25) is 10.0 Å². The molecule has 3 N–H and O–H groups in total. The number of aromatic amines is 1. The number of aromatic nitrogens is 1. The summed E-state index contributed by atoms with van der Waals surface area (Å²) in [5.74, 6) is -0.242. The van der Waals surface area contributed by atoms with Crippen LogP contribution < -0.4 is 4.72 Å². The fourth-order valence-electron chi connectivity index (χ4n) is 1.81. The molecule has 1 heterocycles. The van der Waals surface area contributed by atoms with Crippen LogP contribution in [-0.2, 0) is 10.0 Å². The molecule has 1 aliphatic carbocycles. The van der Waals surface area contributed by atoms with Gasteiger partial charge in [-0.3, -0.25) is 0 Å². The van der Waals surface area contributed by atoms with Gasteiger partial charge in [0.1, 0.15) is 10.6 Å². The van der Waals surface area contributed by atoms with Crippen molar-refractivity contribution in [1.29, 1.82) is 0 Å². The third-order valence-electron chi connectivity index (χ3n) is 3.22. The van der Waals surface area contributed by atoms with E-state index in [2.05, 4.69) is 9.71 Å². The second-order valence-electron chi connectivity index (χ2n) is 4.72. The molecule has 0 radical (unpaired) electrons. The number of rotatable bonds is 6. The van der Waals surface area contributed by atoms with E-state index in [4.69, 9.17) is 5.11 Å². The Morgan fingerprint density at radius 2 is 2.28 bits per heavy atom. The highest BCUT2D eigenvalue weighted by molar-refractivity contribution is 7.89. The van der Waals surface area contributed by atoms with Gasteiger partial charge in [0.15, 0.2) is 0 Å². The van der Waals surface area contributed by atoms with Crippen molar-refractivity contribution < 1.29 is 18.3 Å². The maximum Gasteiger partial charge on any atom is 0.352 e. The summed E-state index contributed by atoms with van der Waals surface area (Å²) in [6, 6.07) is 1.12. The molecule has 1 unspecified atom stereocenters. The number of aromatic carboxylic acids is 1. The van der Waals surface area contributed by atoms with E-state index in [0.717, 1.165) is 18.9 Å². The molecule has 100 valence electrons. The Hall–Kier alpha value is -1.34. The summed E-state index contributed by atoms with van der Waals surface area (Å²) >= 11 is 0. The molecule has 1 atom stereocenters. The van der Waals surface area contributed by atoms with Crippen LogP contribution in [-0.4, -0.2) is 31.0 Å². The van der Waals surface area contributed by atoms with Crippen molar-refractivity contribution in [3.63, 3.8) is 0 Å². The average molecular weight is 272 g/mol. The highest BCUT2D eigenvalue weighted by Crippen LogP contribution is 2.36. The zero-order valence-corrected chi connectivity index (χ0v) is 10.8. The molecule has 7 heteroatoms. The van der Waals surface area contributed by atoms with Crippen molar-refractivity contribution in [1.82, 2.24) is 9.71 Å². The predicted octanol–water partition coefficient (Wildman–Crippen LogP) is 1.04. The Labute approximate surface area is 105 Å². The Morgan fingerprint density at radius 3 is 2.78 bits per heavy atom. The predicted molar refractivity (Wildman–Crippen MR) is 64.8 cm³/mol. The number of hydrogen-bond donors (Lipinski definition) is 3. The molecule has 0 aromatic carbocycles. The van der Waals surface area contributed by atoms with Gasteiger partial charge in [0.25, 0.3) is 0 Å². The normalized spacial score (nSPS) is 17.6. The minimum absolute atomic E-state index is 0.0390. The van der Waals surface area contributed by atoms with Gasteiger partial charge in [-0.2, -0.15) is 0 Å². The molecule has 18 heavy (non-hydrogen) atoms. The zero-order valence-electron chi connectivity index (χ0n) is 10.0. The summed E-state index contributed by atoms with van der Waals surface area (Å²) in [7, 11) is -3.62. The molecule has 0 bridgehead atoms. The molecule has 1 aliphatic rings. The van der Waals surface area contributed by atoms with Crippen LogP contribution in [0.4, 0.5) is 0 Å². The number of carbonyl (C=O) groups is 1. The van der Waals surface area contributed by atoms with Crippen molar-refractivity contribution in [2.45, 2.75) is 24.7 Å². The topological polar surface area (TPSA) is 99.3 Å². The van der Waals surface area contributed by atoms with Crippen LogP contribution in [0.25, 0.3) is 0 Å². The number of H-pyrrole nitrogens is 1. The Morgan fingerprint density at radius 1 is 1.61 bits per heavy atom. The van der Waals surface area contributed by atoms with Crippen molar-refractivity contribution in [2.75, 3.05) is 6.54 Å². The fourth-order valence-corrected chi connectivity index (χ4v) is 2.95. The first-order valence-corrected chi connectivity index (χ1v) is 7.30. The van der Waals surface area contributed by atoms with Gasteiger partial charge in [0, 0.05) is 12.7 Å². The molecule has 0 spiro atoms. The molecular weight excluding hydrogens is 256 g/mol. The summed E-state index contributed by atoms with van der Waals surface area (Å²) in [6.07, 6.45) is 3.51. The summed E-state index contributed by atoms with van der Waals surface area (Å²) in [4.78, 5) is 13.0. The number of hydrogen-bond acceptors (Lipinski definition) is 3. The van der Waals surface area contributed by atoms with E-state index in [1.54, 1.807) is 0 Å². The quantitative estimate of drug-likeness (QED) is 0.720. The number of carboxylic acids is 1. The van der Waals surface area contributed by atoms with Crippen LogP contribution >= 0.6 is 0 Å². The lowest BCUT2D eigenvalue weighted by atomic mass is 10.1. The maximum atomic E-state index is 11.9. The highest BCUT2D eigenvalue weighted by atomic mass is 32.2. The largest absolute Gasteiger partial charge is 0.477 e. The molecule has 6 nitrogen and oxygen atoms in total. The second kappa shape index (κ2) is 4.74. The van der Waals surface area contributed by atoms with Gasteiger partial charge in [-0.15, -0.1) is 0 Å². The van der Waals surface area contributed by atoms with Crippen LogP contribution in [0, 0.1) is 11.8 Å². The van der Waals surface area contributed by atoms with Crippen molar-refractivity contribution >= 4 is 16.0 Å². The Kier molecular flexibility index (Phi) is 3.45. The highest BCUT2D eigenvalue weighted by Gasteiger charge is 2.29. The third kappa shape index (κ3) is 2.91. The lowest BCUT2D eigenvalue weighted by molar-refractivity contribution is 0.0691. The van der Waals surface area contributed by atoms with Gasteiger partial charge >= 0.3 is 5.97 Å². The lowest BCUT2D eigenvalue weighted by Crippen LogP contribution is -2.28. The lowest BCUT2D eigenvalue weighted by Gasteiger charge is -2.10. The zero-order chi connectivity index (χ0) is 13.3. The van der Waals surface area contributed by atoms with E-state index in [-0.39, 0.29) is 10.6 Å². The SMILES string of the molecule is CC(CNS(=O)(=O)c1c[nH]c(C(=O)O)c1)C1CC1. The van der Waals surface area contributed by atoms with Crippen molar-refractivity contribution in [3.05, 3.63) is 18.0 Å². The average Bonchev–Trinajstić information content (AvgIpc) is 3.02. The third-order valence-corrected chi connectivity index (χ3v) is 4.62. The summed E-state index contributed by atoms with van der Waals surface area (Å²) in [6.45, 7) is 2.40. The molecule has 0 amide bonds. The number of sulfonamides is 1. The van der Waals surface area contributed by atoms with Crippen molar-refractivity contribution in [3.8, 4) is 0 Å². The van der Waals surface area contributed by atoms with Crippen LogP contribution in [0.2, 0.25) is 0 Å². The van der Waals surface area contributed by atoms with Gasteiger partial charge < -0.3 is 10.1 Å². The maximum absolute atomic E-state index is 11.9. The number of nitrogens with one attached hydrogen (secondary N) is 2. The first-order chi connectivity index (χ1) is 8.40. The molecule has 0 aliphatic heterocycles. The summed E-state index contributed by atoms with van der Waals surface area (Å²) in [5.41, 5.74) is -0.134. The first kappa shape index (κ1) is 13.1. The van der Waals surface area contributed by atoms with Crippen LogP contribution in [0.15, 0.2) is 17.2 Å². The van der Waals surface area contributed by atoms with E-state index in [1.165, 1.54) is 6.20 Å². The molecule has 1 aromatic heterocycles. The van der Waals surface area contributed by atoms with E-state index < -0.39 is 16.0 Å². The molecule has 1 aromatic rings. The van der Waals surface area contributed by atoms with Crippen LogP contribution in [0.3, 0.4) is 0 Å². The van der Waals surface area contributed by atoms with Gasteiger partial charge in [-0.1, -0.05) is 6.92 Å².